The summed E-state index contributed by atoms with van der Waals surface area (Å²) in [5.74, 6) is 0.422. The number of allylic oxidation sites excluding steroid dienone is 4. The lowest BCUT2D eigenvalue weighted by Gasteiger charge is -2.28. The molecule has 0 aromatic carbocycles. The fraction of sp³-hybridized carbons (Fsp3) is 0.611. The van der Waals surface area contributed by atoms with E-state index in [0.717, 1.165) is 49.0 Å². The highest BCUT2D eigenvalue weighted by molar-refractivity contribution is 9.09. The number of halogens is 1. The molecule has 29 heavy (non-hydrogen) atoms. The van der Waals surface area contributed by atoms with Crippen LogP contribution in [0.1, 0.15) is 19.3 Å². The molecule has 1 fully saturated rings. The van der Waals surface area contributed by atoms with Crippen LogP contribution >= 0.6 is 15.9 Å². The van der Waals surface area contributed by atoms with Crippen molar-refractivity contribution in [3.8, 4) is 6.07 Å². The van der Waals surface area contributed by atoms with E-state index in [1.54, 1.807) is 24.3 Å². The number of nitrogens with zero attached hydrogens (tertiary/aromatic N) is 3. The van der Waals surface area contributed by atoms with Crippen molar-refractivity contribution in [3.63, 3.8) is 0 Å². The zero-order valence-electron chi connectivity index (χ0n) is 16.4. The van der Waals surface area contributed by atoms with Crippen molar-refractivity contribution in [2.45, 2.75) is 19.3 Å². The SMILES string of the molecule is CS(=O)(=O)OCCCN1CCN(CCCBr)C1=C1C=C(S(=O)(=O)CC#N)C=CC1. The smallest absolute Gasteiger partial charge is 0.264 e. The van der Waals surface area contributed by atoms with Gasteiger partial charge in [0.05, 0.1) is 23.8 Å². The third kappa shape index (κ3) is 7.13. The Labute approximate surface area is 181 Å². The maximum absolute atomic E-state index is 12.3. The van der Waals surface area contributed by atoms with Gasteiger partial charge in [-0.15, -0.1) is 0 Å². The van der Waals surface area contributed by atoms with Gasteiger partial charge >= 0.3 is 0 Å². The van der Waals surface area contributed by atoms with Crippen molar-refractivity contribution in [1.29, 1.82) is 5.26 Å². The van der Waals surface area contributed by atoms with E-state index >= 15 is 0 Å². The van der Waals surface area contributed by atoms with Crippen LogP contribution in [0.3, 0.4) is 0 Å². The summed E-state index contributed by atoms with van der Waals surface area (Å²) in [6.07, 6.45) is 8.13. The highest BCUT2D eigenvalue weighted by Crippen LogP contribution is 2.30. The molecular formula is C18H26BrN3O5S2. The molecule has 1 aliphatic heterocycles. The molecule has 162 valence electrons. The summed E-state index contributed by atoms with van der Waals surface area (Å²) in [5, 5.41) is 9.67. The van der Waals surface area contributed by atoms with Crippen molar-refractivity contribution in [3.05, 3.63) is 34.5 Å². The molecule has 0 aromatic heterocycles. The third-order valence-corrected chi connectivity index (χ3v) is 7.14. The number of nitriles is 1. The second-order valence-electron chi connectivity index (χ2n) is 6.82. The first-order valence-corrected chi connectivity index (χ1v) is 13.9. The van der Waals surface area contributed by atoms with Gasteiger partial charge in [-0.25, -0.2) is 8.42 Å². The number of rotatable bonds is 10. The van der Waals surface area contributed by atoms with Crippen molar-refractivity contribution in [2.24, 2.45) is 0 Å². The first kappa shape index (κ1) is 23.9. The van der Waals surface area contributed by atoms with Gasteiger partial charge in [-0.1, -0.05) is 22.0 Å². The fourth-order valence-corrected chi connectivity index (χ4v) is 4.94. The predicted molar refractivity (Wildman–Crippen MR) is 115 cm³/mol. The number of hydrogen-bond donors (Lipinski definition) is 0. The van der Waals surface area contributed by atoms with Crippen molar-refractivity contribution in [1.82, 2.24) is 9.80 Å². The highest BCUT2D eigenvalue weighted by Gasteiger charge is 2.28. The molecule has 0 bridgehead atoms. The first-order chi connectivity index (χ1) is 13.7. The molecule has 1 aliphatic carbocycles. The van der Waals surface area contributed by atoms with Gasteiger partial charge in [0.1, 0.15) is 11.6 Å². The number of sulfone groups is 1. The van der Waals surface area contributed by atoms with Crippen LogP contribution < -0.4 is 0 Å². The van der Waals surface area contributed by atoms with E-state index in [-0.39, 0.29) is 11.5 Å². The Morgan fingerprint density at radius 1 is 1.17 bits per heavy atom. The Balaban J connectivity index is 2.26. The van der Waals surface area contributed by atoms with Gasteiger partial charge in [0, 0.05) is 31.5 Å². The lowest BCUT2D eigenvalue weighted by atomic mass is 10.1. The van der Waals surface area contributed by atoms with Crippen LogP contribution in [0, 0.1) is 11.3 Å². The van der Waals surface area contributed by atoms with Crippen LogP contribution in [0.15, 0.2) is 34.5 Å². The minimum absolute atomic E-state index is 0.108. The van der Waals surface area contributed by atoms with E-state index in [0.29, 0.717) is 19.4 Å². The van der Waals surface area contributed by atoms with Gasteiger partial charge in [0.2, 0.25) is 0 Å². The van der Waals surface area contributed by atoms with Gasteiger partial charge in [0.15, 0.2) is 9.84 Å². The highest BCUT2D eigenvalue weighted by atomic mass is 79.9. The molecule has 1 heterocycles. The molecule has 0 saturated carbocycles. The largest absolute Gasteiger partial charge is 0.356 e. The molecule has 0 aromatic rings. The topological polar surface area (TPSA) is 108 Å². The van der Waals surface area contributed by atoms with Gasteiger partial charge in [0.25, 0.3) is 10.1 Å². The number of alkyl halides is 1. The fourth-order valence-electron chi connectivity index (χ4n) is 3.31. The molecule has 2 aliphatic rings. The van der Waals surface area contributed by atoms with Crippen molar-refractivity contribution >= 4 is 35.9 Å². The zero-order valence-corrected chi connectivity index (χ0v) is 19.6. The molecule has 0 N–H and O–H groups in total. The van der Waals surface area contributed by atoms with Crippen molar-refractivity contribution < 1.29 is 21.0 Å². The quantitative estimate of drug-likeness (QED) is 0.250. The maximum atomic E-state index is 12.3. The molecule has 0 spiro atoms. The summed E-state index contributed by atoms with van der Waals surface area (Å²) < 4.78 is 51.7. The summed E-state index contributed by atoms with van der Waals surface area (Å²) in [6, 6.07) is 1.71. The third-order valence-electron chi connectivity index (χ3n) is 4.51. The molecular weight excluding hydrogens is 482 g/mol. The van der Waals surface area contributed by atoms with E-state index in [1.165, 1.54) is 0 Å². The van der Waals surface area contributed by atoms with E-state index in [2.05, 4.69) is 25.7 Å². The Morgan fingerprint density at radius 3 is 2.41 bits per heavy atom. The standard InChI is InChI=1S/C18H26BrN3O5S2/c1-28(23,24)27-13-4-10-22-12-11-21(9-3-7-19)18(22)16-5-2-6-17(15-16)29(25,26)14-8-20/h2,6,15H,3-5,7,9-14H2,1H3. The number of hydrogen-bond acceptors (Lipinski definition) is 8. The van der Waals surface area contributed by atoms with Gasteiger partial charge < -0.3 is 9.80 Å². The van der Waals surface area contributed by atoms with E-state index in [4.69, 9.17) is 9.44 Å². The molecule has 11 heteroatoms. The summed E-state index contributed by atoms with van der Waals surface area (Å²) in [5.41, 5.74) is 0.889. The minimum atomic E-state index is -3.64. The van der Waals surface area contributed by atoms with Crippen LogP contribution in [-0.2, 0) is 24.1 Å². The lowest BCUT2D eigenvalue weighted by molar-refractivity contribution is 0.274. The van der Waals surface area contributed by atoms with Crippen LogP contribution in [0.4, 0.5) is 0 Å². The van der Waals surface area contributed by atoms with E-state index in [1.807, 2.05) is 0 Å². The Hall–Kier alpha value is -1.35. The van der Waals surface area contributed by atoms with E-state index < -0.39 is 25.7 Å². The summed E-state index contributed by atoms with van der Waals surface area (Å²) >= 11 is 3.45. The monoisotopic (exact) mass is 507 g/mol. The Morgan fingerprint density at radius 2 is 1.83 bits per heavy atom. The lowest BCUT2D eigenvalue weighted by Crippen LogP contribution is -2.28. The van der Waals surface area contributed by atoms with Crippen LogP contribution in [-0.4, -0.2) is 76.8 Å². The Bertz CT molecular complexity index is 933. The van der Waals surface area contributed by atoms with Gasteiger partial charge in [-0.2, -0.15) is 13.7 Å². The van der Waals surface area contributed by atoms with E-state index in [9.17, 15) is 16.8 Å². The van der Waals surface area contributed by atoms with Crippen molar-refractivity contribution in [2.75, 3.05) is 50.1 Å². The predicted octanol–water partition coefficient (Wildman–Crippen LogP) is 1.75. The molecule has 0 amide bonds. The zero-order chi connectivity index (χ0) is 21.5. The summed E-state index contributed by atoms with van der Waals surface area (Å²) in [7, 11) is -7.10. The van der Waals surface area contributed by atoms with Crippen LogP contribution in [0.25, 0.3) is 0 Å². The average Bonchev–Trinajstić information content (AvgIpc) is 3.05. The maximum Gasteiger partial charge on any atom is 0.264 e. The molecule has 0 radical (unpaired) electrons. The molecule has 8 nitrogen and oxygen atoms in total. The molecule has 0 atom stereocenters. The first-order valence-electron chi connectivity index (χ1n) is 9.29. The van der Waals surface area contributed by atoms with Gasteiger partial charge in [-0.05, 0) is 37.0 Å². The second-order valence-corrected chi connectivity index (χ2v) is 11.2. The summed E-state index contributed by atoms with van der Waals surface area (Å²) in [6.45, 7) is 3.14. The summed E-state index contributed by atoms with van der Waals surface area (Å²) in [4.78, 5) is 4.54. The average molecular weight is 508 g/mol. The van der Waals surface area contributed by atoms with Crippen LogP contribution in [0.5, 0.6) is 0 Å². The minimum Gasteiger partial charge on any atom is -0.356 e. The van der Waals surface area contributed by atoms with Crippen LogP contribution in [0.2, 0.25) is 0 Å². The molecule has 0 unspecified atom stereocenters. The normalized spacial score (nSPS) is 20.1. The molecule has 1 saturated heterocycles. The van der Waals surface area contributed by atoms with Gasteiger partial charge in [-0.3, -0.25) is 4.18 Å². The molecule has 2 rings (SSSR count). The second kappa shape index (κ2) is 10.6. The Kier molecular flexibility index (Phi) is 8.75.